The van der Waals surface area contributed by atoms with E-state index in [9.17, 15) is 14.7 Å². The fourth-order valence-corrected chi connectivity index (χ4v) is 4.43. The average molecular weight is 294 g/mol. The molecule has 3 saturated carbocycles. The van der Waals surface area contributed by atoms with Gasteiger partial charge in [0.2, 0.25) is 0 Å². The van der Waals surface area contributed by atoms with Crippen molar-refractivity contribution in [1.29, 1.82) is 0 Å². The van der Waals surface area contributed by atoms with E-state index in [1.807, 2.05) is 11.8 Å². The Balaban J connectivity index is 1.61. The van der Waals surface area contributed by atoms with Gasteiger partial charge < -0.3 is 15.3 Å². The van der Waals surface area contributed by atoms with Crippen LogP contribution in [0.15, 0.2) is 0 Å². The van der Waals surface area contributed by atoms with Gasteiger partial charge in [-0.1, -0.05) is 6.42 Å². The number of amides is 2. The van der Waals surface area contributed by atoms with Gasteiger partial charge in [-0.25, -0.2) is 4.79 Å². The summed E-state index contributed by atoms with van der Waals surface area (Å²) < 4.78 is 0. The van der Waals surface area contributed by atoms with Gasteiger partial charge in [-0.3, -0.25) is 4.79 Å². The van der Waals surface area contributed by atoms with Gasteiger partial charge in [0.1, 0.15) is 0 Å². The van der Waals surface area contributed by atoms with E-state index < -0.39 is 5.97 Å². The van der Waals surface area contributed by atoms with Crippen LogP contribution in [0.1, 0.15) is 45.4 Å². The maximum Gasteiger partial charge on any atom is 0.317 e. The second-order valence-electron chi connectivity index (χ2n) is 7.01. The maximum atomic E-state index is 12.5. The van der Waals surface area contributed by atoms with Crippen molar-refractivity contribution in [1.82, 2.24) is 10.2 Å². The van der Waals surface area contributed by atoms with Gasteiger partial charge in [0.25, 0.3) is 0 Å². The van der Waals surface area contributed by atoms with Gasteiger partial charge in [-0.05, 0) is 56.8 Å². The third-order valence-electron chi connectivity index (χ3n) is 5.86. The van der Waals surface area contributed by atoms with Crippen LogP contribution in [-0.4, -0.2) is 41.1 Å². The molecule has 2 bridgehead atoms. The molecule has 0 aromatic rings. The highest BCUT2D eigenvalue weighted by Gasteiger charge is 2.51. The van der Waals surface area contributed by atoms with Gasteiger partial charge in [0, 0.05) is 19.1 Å². The minimum Gasteiger partial charge on any atom is -0.481 e. The molecular formula is C16H26N2O3. The van der Waals surface area contributed by atoms with Crippen molar-refractivity contribution in [2.45, 2.75) is 51.5 Å². The van der Waals surface area contributed by atoms with Crippen LogP contribution in [0.4, 0.5) is 4.79 Å². The van der Waals surface area contributed by atoms with E-state index in [0.717, 1.165) is 25.8 Å². The Hall–Kier alpha value is -1.26. The number of urea groups is 1. The number of nitrogens with one attached hydrogen (secondary N) is 1. The molecule has 3 aliphatic carbocycles. The first-order chi connectivity index (χ1) is 10.1. The molecule has 2 amide bonds. The molecule has 3 aliphatic rings. The zero-order valence-electron chi connectivity index (χ0n) is 12.8. The summed E-state index contributed by atoms with van der Waals surface area (Å²) in [6.45, 7) is 3.51. The lowest BCUT2D eigenvalue weighted by Crippen LogP contribution is -2.52. The normalized spacial score (nSPS) is 34.5. The van der Waals surface area contributed by atoms with Crippen LogP contribution < -0.4 is 5.32 Å². The molecule has 4 atom stereocenters. The van der Waals surface area contributed by atoms with Crippen molar-refractivity contribution >= 4 is 12.0 Å². The molecule has 3 rings (SSSR count). The molecule has 0 radical (unpaired) electrons. The lowest BCUT2D eigenvalue weighted by Gasteiger charge is -2.35. The molecule has 0 heterocycles. The summed E-state index contributed by atoms with van der Waals surface area (Å²) >= 11 is 0. The summed E-state index contributed by atoms with van der Waals surface area (Å²) in [7, 11) is 0. The number of fused-ring (bicyclic) bond motifs is 2. The van der Waals surface area contributed by atoms with Crippen molar-refractivity contribution in [3.63, 3.8) is 0 Å². The Morgan fingerprint density at radius 3 is 2.48 bits per heavy atom. The Morgan fingerprint density at radius 2 is 1.90 bits per heavy atom. The van der Waals surface area contributed by atoms with Crippen molar-refractivity contribution in [2.24, 2.45) is 23.7 Å². The molecule has 21 heavy (non-hydrogen) atoms. The first kappa shape index (κ1) is 14.7. The predicted octanol–water partition coefficient (Wildman–Crippen LogP) is 2.32. The van der Waals surface area contributed by atoms with E-state index in [1.54, 1.807) is 0 Å². The number of carboxylic acids is 1. The Labute approximate surface area is 126 Å². The van der Waals surface area contributed by atoms with E-state index in [1.165, 1.54) is 19.3 Å². The summed E-state index contributed by atoms with van der Waals surface area (Å²) in [4.78, 5) is 25.8. The second-order valence-corrected chi connectivity index (χ2v) is 7.01. The number of hydrogen-bond acceptors (Lipinski definition) is 2. The first-order valence-electron chi connectivity index (χ1n) is 8.38. The summed E-state index contributed by atoms with van der Waals surface area (Å²) in [6, 6.07) is -0.225. The van der Waals surface area contributed by atoms with Crippen LogP contribution in [0.2, 0.25) is 0 Å². The zero-order valence-corrected chi connectivity index (χ0v) is 12.8. The fourth-order valence-electron chi connectivity index (χ4n) is 4.43. The average Bonchev–Trinajstić information content (AvgIpc) is 2.98. The SMILES string of the molecule is CCN(CC1CCC1)C(=O)NC1C2CCC(C2)C1C(=O)O. The summed E-state index contributed by atoms with van der Waals surface area (Å²) in [5.74, 6) is 0.151. The van der Waals surface area contributed by atoms with E-state index in [4.69, 9.17) is 0 Å². The number of carboxylic acid groups (broad SMARTS) is 1. The molecule has 4 unspecified atom stereocenters. The molecule has 0 aromatic carbocycles. The highest BCUT2D eigenvalue weighted by molar-refractivity contribution is 5.77. The van der Waals surface area contributed by atoms with E-state index >= 15 is 0 Å². The topological polar surface area (TPSA) is 69.6 Å². The van der Waals surface area contributed by atoms with Crippen LogP contribution in [0.3, 0.4) is 0 Å². The minimum atomic E-state index is -0.741. The van der Waals surface area contributed by atoms with E-state index in [2.05, 4.69) is 5.32 Å². The predicted molar refractivity (Wildman–Crippen MR) is 78.9 cm³/mol. The van der Waals surface area contributed by atoms with E-state index in [0.29, 0.717) is 18.4 Å². The molecule has 5 nitrogen and oxygen atoms in total. The van der Waals surface area contributed by atoms with Crippen LogP contribution in [0.25, 0.3) is 0 Å². The van der Waals surface area contributed by atoms with Gasteiger partial charge in [-0.15, -0.1) is 0 Å². The molecule has 0 spiro atoms. The van der Waals surface area contributed by atoms with Crippen molar-refractivity contribution in [2.75, 3.05) is 13.1 Å². The number of aliphatic carboxylic acids is 1. The molecule has 5 heteroatoms. The van der Waals surface area contributed by atoms with E-state index in [-0.39, 0.29) is 23.9 Å². The van der Waals surface area contributed by atoms with Gasteiger partial charge in [0.05, 0.1) is 5.92 Å². The van der Waals surface area contributed by atoms with Gasteiger partial charge in [-0.2, -0.15) is 0 Å². The van der Waals surface area contributed by atoms with Crippen molar-refractivity contribution < 1.29 is 14.7 Å². The summed E-state index contributed by atoms with van der Waals surface area (Å²) in [5.41, 5.74) is 0. The van der Waals surface area contributed by atoms with Crippen LogP contribution in [0, 0.1) is 23.7 Å². The van der Waals surface area contributed by atoms with Gasteiger partial charge >= 0.3 is 12.0 Å². The second kappa shape index (κ2) is 5.85. The molecular weight excluding hydrogens is 268 g/mol. The van der Waals surface area contributed by atoms with Crippen molar-refractivity contribution in [3.8, 4) is 0 Å². The molecule has 0 saturated heterocycles. The number of carbonyl (C=O) groups is 2. The molecule has 2 N–H and O–H groups in total. The van der Waals surface area contributed by atoms with Crippen LogP contribution in [0.5, 0.6) is 0 Å². The highest BCUT2D eigenvalue weighted by Crippen LogP contribution is 2.48. The highest BCUT2D eigenvalue weighted by atomic mass is 16.4. The first-order valence-corrected chi connectivity index (χ1v) is 8.38. The summed E-state index contributed by atoms with van der Waals surface area (Å²) in [5, 5.41) is 12.5. The minimum absolute atomic E-state index is 0.0619. The van der Waals surface area contributed by atoms with Crippen molar-refractivity contribution in [3.05, 3.63) is 0 Å². The Kier molecular flexibility index (Phi) is 4.09. The Bertz CT molecular complexity index is 422. The quantitative estimate of drug-likeness (QED) is 0.817. The smallest absolute Gasteiger partial charge is 0.317 e. The Morgan fingerprint density at radius 1 is 1.19 bits per heavy atom. The standard InChI is InChI=1S/C16H26N2O3/c1-2-18(9-10-4-3-5-10)16(21)17-14-12-7-6-11(8-12)13(14)15(19)20/h10-14H,2-9H2,1H3,(H,17,21)(H,19,20). The lowest BCUT2D eigenvalue weighted by molar-refractivity contribution is -0.144. The molecule has 0 aromatic heterocycles. The third-order valence-corrected chi connectivity index (χ3v) is 5.86. The lowest BCUT2D eigenvalue weighted by atomic mass is 9.84. The fraction of sp³-hybridized carbons (Fsp3) is 0.875. The maximum absolute atomic E-state index is 12.5. The number of nitrogens with zero attached hydrogens (tertiary/aromatic N) is 1. The largest absolute Gasteiger partial charge is 0.481 e. The monoisotopic (exact) mass is 294 g/mol. The number of rotatable bonds is 5. The number of hydrogen-bond donors (Lipinski definition) is 2. The molecule has 0 aliphatic heterocycles. The van der Waals surface area contributed by atoms with Crippen LogP contribution in [-0.2, 0) is 4.79 Å². The molecule has 3 fully saturated rings. The van der Waals surface area contributed by atoms with Crippen LogP contribution >= 0.6 is 0 Å². The van der Waals surface area contributed by atoms with Gasteiger partial charge in [0.15, 0.2) is 0 Å². The number of carbonyl (C=O) groups excluding carboxylic acids is 1. The zero-order chi connectivity index (χ0) is 15.0. The summed E-state index contributed by atoms with van der Waals surface area (Å²) in [6.07, 6.45) is 6.75. The third kappa shape index (κ3) is 2.74. The molecule has 118 valence electrons.